The predicted molar refractivity (Wildman–Crippen MR) is 96.0 cm³/mol. The number of ether oxygens (including phenoxy) is 1. The van der Waals surface area contributed by atoms with Gasteiger partial charge < -0.3 is 4.74 Å². The van der Waals surface area contributed by atoms with Crippen molar-refractivity contribution < 1.29 is 4.74 Å². The van der Waals surface area contributed by atoms with Crippen LogP contribution in [0.1, 0.15) is 37.3 Å². The predicted octanol–water partition coefficient (Wildman–Crippen LogP) is 5.05. The van der Waals surface area contributed by atoms with Gasteiger partial charge in [-0.25, -0.2) is 0 Å². The van der Waals surface area contributed by atoms with Crippen molar-refractivity contribution >= 4 is 6.08 Å². The van der Waals surface area contributed by atoms with Crippen molar-refractivity contribution in [1.29, 1.82) is 0 Å². The molecule has 23 heavy (non-hydrogen) atoms. The van der Waals surface area contributed by atoms with E-state index >= 15 is 0 Å². The first-order valence-electron chi connectivity index (χ1n) is 8.14. The molecule has 0 aromatic heterocycles. The Morgan fingerprint density at radius 1 is 1.09 bits per heavy atom. The molecule has 2 aromatic carbocycles. The van der Waals surface area contributed by atoms with Gasteiger partial charge in [0.2, 0.25) is 0 Å². The Labute approximate surface area is 139 Å². The van der Waals surface area contributed by atoms with Crippen LogP contribution in [0.4, 0.5) is 0 Å². The summed E-state index contributed by atoms with van der Waals surface area (Å²) in [7, 11) is 0. The highest BCUT2D eigenvalue weighted by Gasteiger charge is 2.47. The molecule has 0 aliphatic carbocycles. The molecule has 1 heteroatoms. The Kier molecular flexibility index (Phi) is 4.65. The standard InChI is InChI=1S/C22H22O/c1-18-22(2,23-18)17-16-21(20-13-7-4-8-14-20)15-9-12-19-10-5-3-6-11-19/h3-14,18,21H,15H2,1-2H3/b12-9+/t18-,21?,22-/m0/s1. The summed E-state index contributed by atoms with van der Waals surface area (Å²) in [6.07, 6.45) is 5.51. The Balaban J connectivity index is 1.75. The molecule has 1 aliphatic heterocycles. The summed E-state index contributed by atoms with van der Waals surface area (Å²) in [6, 6.07) is 20.9. The van der Waals surface area contributed by atoms with Crippen molar-refractivity contribution in [3.05, 3.63) is 77.9 Å². The van der Waals surface area contributed by atoms with Crippen LogP contribution in [0.3, 0.4) is 0 Å². The highest BCUT2D eigenvalue weighted by molar-refractivity contribution is 5.49. The second-order valence-corrected chi connectivity index (χ2v) is 6.15. The van der Waals surface area contributed by atoms with Gasteiger partial charge in [0.25, 0.3) is 0 Å². The van der Waals surface area contributed by atoms with E-state index in [-0.39, 0.29) is 17.6 Å². The molecule has 1 nitrogen and oxygen atoms in total. The minimum absolute atomic E-state index is 0.199. The fourth-order valence-electron chi connectivity index (χ4n) is 2.56. The van der Waals surface area contributed by atoms with Crippen molar-refractivity contribution in [3.8, 4) is 11.8 Å². The Hall–Kier alpha value is -2.30. The lowest BCUT2D eigenvalue weighted by atomic mass is 9.94. The second kappa shape index (κ2) is 6.86. The molecule has 1 aliphatic rings. The van der Waals surface area contributed by atoms with Gasteiger partial charge >= 0.3 is 0 Å². The number of allylic oxidation sites excluding steroid dienone is 1. The normalized spacial score (nSPS) is 24.0. The maximum atomic E-state index is 5.57. The fraction of sp³-hybridized carbons (Fsp3) is 0.273. The van der Waals surface area contributed by atoms with Crippen LogP contribution in [-0.4, -0.2) is 11.7 Å². The van der Waals surface area contributed by atoms with Gasteiger partial charge in [0.05, 0.1) is 6.10 Å². The zero-order valence-corrected chi connectivity index (χ0v) is 13.7. The van der Waals surface area contributed by atoms with Crippen LogP contribution in [-0.2, 0) is 4.74 Å². The molecule has 0 amide bonds. The number of rotatable bonds is 4. The van der Waals surface area contributed by atoms with Crippen LogP contribution in [0.2, 0.25) is 0 Å². The monoisotopic (exact) mass is 302 g/mol. The molecule has 2 aromatic rings. The van der Waals surface area contributed by atoms with E-state index in [1.54, 1.807) is 0 Å². The molecular weight excluding hydrogens is 280 g/mol. The first-order chi connectivity index (χ1) is 11.2. The molecule has 116 valence electrons. The van der Waals surface area contributed by atoms with Crippen molar-refractivity contribution in [2.75, 3.05) is 0 Å². The lowest BCUT2D eigenvalue weighted by Gasteiger charge is -2.08. The van der Waals surface area contributed by atoms with Gasteiger partial charge in [-0.15, -0.1) is 0 Å². The molecule has 0 N–H and O–H groups in total. The number of benzene rings is 2. The maximum Gasteiger partial charge on any atom is 0.152 e. The van der Waals surface area contributed by atoms with Crippen molar-refractivity contribution in [1.82, 2.24) is 0 Å². The Morgan fingerprint density at radius 3 is 2.30 bits per heavy atom. The van der Waals surface area contributed by atoms with Gasteiger partial charge in [-0.05, 0) is 31.4 Å². The number of hydrogen-bond acceptors (Lipinski definition) is 1. The van der Waals surface area contributed by atoms with E-state index in [0.29, 0.717) is 0 Å². The number of hydrogen-bond donors (Lipinski definition) is 0. The van der Waals surface area contributed by atoms with Crippen molar-refractivity contribution in [2.24, 2.45) is 0 Å². The van der Waals surface area contributed by atoms with Crippen molar-refractivity contribution in [3.63, 3.8) is 0 Å². The summed E-state index contributed by atoms with van der Waals surface area (Å²) in [4.78, 5) is 0. The summed E-state index contributed by atoms with van der Waals surface area (Å²) < 4.78 is 5.57. The van der Waals surface area contributed by atoms with Crippen molar-refractivity contribution in [2.45, 2.75) is 37.9 Å². The molecule has 1 heterocycles. The van der Waals surface area contributed by atoms with Gasteiger partial charge in [0.15, 0.2) is 5.60 Å². The third-order valence-corrected chi connectivity index (χ3v) is 4.32. The SMILES string of the molecule is C[C@@H]1O[C@@]1(C)C#CC(C/C=C/c1ccccc1)c1ccccc1. The van der Waals surface area contributed by atoms with E-state index in [2.05, 4.69) is 86.4 Å². The summed E-state index contributed by atoms with van der Waals surface area (Å²) in [6.45, 7) is 4.13. The zero-order valence-electron chi connectivity index (χ0n) is 13.7. The third kappa shape index (κ3) is 4.12. The Morgan fingerprint density at radius 2 is 1.70 bits per heavy atom. The fourth-order valence-corrected chi connectivity index (χ4v) is 2.56. The van der Waals surface area contributed by atoms with Crippen LogP contribution in [0.15, 0.2) is 66.7 Å². The van der Waals surface area contributed by atoms with E-state index < -0.39 is 0 Å². The molecule has 0 radical (unpaired) electrons. The quantitative estimate of drug-likeness (QED) is 0.568. The zero-order chi connectivity index (χ0) is 16.1. The highest BCUT2D eigenvalue weighted by atomic mass is 16.6. The first-order valence-corrected chi connectivity index (χ1v) is 8.14. The van der Waals surface area contributed by atoms with Gasteiger partial charge in [-0.3, -0.25) is 0 Å². The summed E-state index contributed by atoms with van der Waals surface area (Å²) in [5.74, 6) is 6.95. The summed E-state index contributed by atoms with van der Waals surface area (Å²) in [5, 5.41) is 0. The largest absolute Gasteiger partial charge is 0.353 e. The molecular formula is C22H22O. The second-order valence-electron chi connectivity index (χ2n) is 6.15. The molecule has 3 rings (SSSR count). The lowest BCUT2D eigenvalue weighted by molar-refractivity contribution is 0.355. The summed E-state index contributed by atoms with van der Waals surface area (Å²) >= 11 is 0. The lowest BCUT2D eigenvalue weighted by Crippen LogP contribution is -2.04. The van der Waals surface area contributed by atoms with E-state index in [1.807, 2.05) is 12.1 Å². The van der Waals surface area contributed by atoms with Crippen LogP contribution in [0.25, 0.3) is 6.08 Å². The maximum absolute atomic E-state index is 5.57. The molecule has 0 bridgehead atoms. The minimum atomic E-state index is -0.254. The average Bonchev–Trinajstić information content (AvgIpc) is 3.19. The molecule has 0 saturated carbocycles. The topological polar surface area (TPSA) is 12.5 Å². The third-order valence-electron chi connectivity index (χ3n) is 4.32. The smallest absolute Gasteiger partial charge is 0.152 e. The van der Waals surface area contributed by atoms with Crippen LogP contribution < -0.4 is 0 Å². The van der Waals surface area contributed by atoms with E-state index in [1.165, 1.54) is 11.1 Å². The van der Waals surface area contributed by atoms with Gasteiger partial charge in [0.1, 0.15) is 0 Å². The highest BCUT2D eigenvalue weighted by Crippen LogP contribution is 2.35. The van der Waals surface area contributed by atoms with E-state index in [4.69, 9.17) is 4.74 Å². The average molecular weight is 302 g/mol. The van der Waals surface area contributed by atoms with E-state index in [0.717, 1.165) is 6.42 Å². The Bertz CT molecular complexity index is 721. The van der Waals surface area contributed by atoms with Crippen LogP contribution in [0, 0.1) is 11.8 Å². The molecule has 1 saturated heterocycles. The molecule has 3 atom stereocenters. The van der Waals surface area contributed by atoms with Gasteiger partial charge in [-0.2, -0.15) is 0 Å². The summed E-state index contributed by atoms with van der Waals surface area (Å²) in [5.41, 5.74) is 2.23. The van der Waals surface area contributed by atoms with Gasteiger partial charge in [0, 0.05) is 5.92 Å². The molecule has 1 unspecified atom stereocenters. The molecule has 0 spiro atoms. The molecule has 1 fully saturated rings. The van der Waals surface area contributed by atoms with Crippen LogP contribution in [0.5, 0.6) is 0 Å². The van der Waals surface area contributed by atoms with Gasteiger partial charge in [-0.1, -0.05) is 84.7 Å². The minimum Gasteiger partial charge on any atom is -0.353 e. The van der Waals surface area contributed by atoms with Crippen LogP contribution >= 0.6 is 0 Å². The number of epoxide rings is 1. The first kappa shape index (κ1) is 15.6. The van der Waals surface area contributed by atoms with E-state index in [9.17, 15) is 0 Å².